The number of nitrogens with zero attached hydrogens (tertiary/aromatic N) is 3. The van der Waals surface area contributed by atoms with Crippen molar-refractivity contribution in [3.05, 3.63) is 72.2 Å². The predicted octanol–water partition coefficient (Wildman–Crippen LogP) is 3.21. The number of fused-ring (bicyclic) bond motifs is 1. The summed E-state index contributed by atoms with van der Waals surface area (Å²) < 4.78 is 5.36. The molecule has 0 spiro atoms. The van der Waals surface area contributed by atoms with Crippen molar-refractivity contribution in [3.8, 4) is 0 Å². The zero-order valence-electron chi connectivity index (χ0n) is 16.4. The zero-order valence-corrected chi connectivity index (χ0v) is 16.4. The zero-order chi connectivity index (χ0) is 19.3. The van der Waals surface area contributed by atoms with E-state index >= 15 is 0 Å². The van der Waals surface area contributed by atoms with Crippen LogP contribution in [0, 0.1) is 0 Å². The van der Waals surface area contributed by atoms with Gasteiger partial charge in [-0.3, -0.25) is 14.6 Å². The van der Waals surface area contributed by atoms with Gasteiger partial charge in [-0.15, -0.1) is 0 Å². The quantitative estimate of drug-likeness (QED) is 0.661. The molecule has 3 aromatic rings. The van der Waals surface area contributed by atoms with Crippen LogP contribution in [0.5, 0.6) is 0 Å². The van der Waals surface area contributed by atoms with E-state index in [9.17, 15) is 4.79 Å². The van der Waals surface area contributed by atoms with Gasteiger partial charge in [-0.05, 0) is 35.5 Å². The lowest BCUT2D eigenvalue weighted by atomic mass is 10.0. The van der Waals surface area contributed by atoms with E-state index in [0.29, 0.717) is 13.1 Å². The third-order valence-corrected chi connectivity index (χ3v) is 5.41. The molecule has 0 unspecified atom stereocenters. The van der Waals surface area contributed by atoms with Crippen LogP contribution in [0.3, 0.4) is 0 Å². The summed E-state index contributed by atoms with van der Waals surface area (Å²) in [5.41, 5.74) is 1.36. The summed E-state index contributed by atoms with van der Waals surface area (Å²) in [5, 5.41) is 2.61. The van der Waals surface area contributed by atoms with E-state index in [1.165, 1.54) is 16.3 Å². The first-order valence-corrected chi connectivity index (χ1v) is 9.87. The molecule has 1 aliphatic heterocycles. The molecule has 0 aliphatic carbocycles. The first-order chi connectivity index (χ1) is 13.7. The predicted molar refractivity (Wildman–Crippen MR) is 111 cm³/mol. The topological polar surface area (TPSA) is 39.9 Å². The molecule has 0 bridgehead atoms. The lowest BCUT2D eigenvalue weighted by Gasteiger charge is -2.35. The standard InChI is InChI=1S/C23H27N3O2/c1-24(17-21-9-5-15-28-21)18-23(27)26-13-11-25(12-14-26)16-20-8-4-7-19-6-2-3-10-22(19)20/h2-10,15H,11-14,16-18H2,1H3. The van der Waals surface area contributed by atoms with Gasteiger partial charge in [-0.25, -0.2) is 0 Å². The average Bonchev–Trinajstić information content (AvgIpc) is 3.21. The summed E-state index contributed by atoms with van der Waals surface area (Å²) in [6.07, 6.45) is 1.67. The monoisotopic (exact) mass is 377 g/mol. The molecule has 5 nitrogen and oxygen atoms in total. The first kappa shape index (κ1) is 18.7. The van der Waals surface area contributed by atoms with Crippen LogP contribution in [0.1, 0.15) is 11.3 Å². The van der Waals surface area contributed by atoms with Crippen molar-refractivity contribution in [3.63, 3.8) is 0 Å². The number of furan rings is 1. The lowest BCUT2D eigenvalue weighted by molar-refractivity contribution is -0.134. The normalized spacial score (nSPS) is 15.4. The fraction of sp³-hybridized carbons (Fsp3) is 0.348. The summed E-state index contributed by atoms with van der Waals surface area (Å²) in [6, 6.07) is 18.9. The van der Waals surface area contributed by atoms with E-state index in [1.807, 2.05) is 29.0 Å². The van der Waals surface area contributed by atoms with Crippen LogP contribution >= 0.6 is 0 Å². The Morgan fingerprint density at radius 2 is 1.79 bits per heavy atom. The van der Waals surface area contributed by atoms with Crippen LogP contribution in [0.25, 0.3) is 10.8 Å². The maximum absolute atomic E-state index is 12.6. The van der Waals surface area contributed by atoms with Crippen molar-refractivity contribution in [1.82, 2.24) is 14.7 Å². The van der Waals surface area contributed by atoms with Gasteiger partial charge in [0.25, 0.3) is 0 Å². The van der Waals surface area contributed by atoms with E-state index in [1.54, 1.807) is 6.26 Å². The van der Waals surface area contributed by atoms with E-state index in [0.717, 1.165) is 38.5 Å². The summed E-state index contributed by atoms with van der Waals surface area (Å²) in [7, 11) is 1.96. The number of rotatable bonds is 6. The number of amides is 1. The first-order valence-electron chi connectivity index (χ1n) is 9.87. The van der Waals surface area contributed by atoms with Crippen LogP contribution in [-0.4, -0.2) is 60.4 Å². The highest BCUT2D eigenvalue weighted by Crippen LogP contribution is 2.20. The molecule has 0 saturated carbocycles. The van der Waals surface area contributed by atoms with Gasteiger partial charge in [0.1, 0.15) is 5.76 Å². The minimum Gasteiger partial charge on any atom is -0.468 e. The largest absolute Gasteiger partial charge is 0.468 e. The maximum Gasteiger partial charge on any atom is 0.236 e. The summed E-state index contributed by atoms with van der Waals surface area (Å²) in [4.78, 5) is 19.0. The highest BCUT2D eigenvalue weighted by molar-refractivity contribution is 5.85. The Labute approximate surface area is 166 Å². The molecule has 1 amide bonds. The fourth-order valence-electron chi connectivity index (χ4n) is 3.88. The molecule has 1 saturated heterocycles. The van der Waals surface area contributed by atoms with Crippen LogP contribution in [0.2, 0.25) is 0 Å². The molecule has 146 valence electrons. The van der Waals surface area contributed by atoms with Gasteiger partial charge >= 0.3 is 0 Å². The summed E-state index contributed by atoms with van der Waals surface area (Å²) in [5.74, 6) is 1.08. The molecule has 2 aromatic carbocycles. The molecule has 1 aromatic heterocycles. The second-order valence-corrected chi connectivity index (χ2v) is 7.55. The van der Waals surface area contributed by atoms with Crippen LogP contribution in [-0.2, 0) is 17.9 Å². The molecule has 4 rings (SSSR count). The molecular weight excluding hydrogens is 350 g/mol. The number of hydrogen-bond acceptors (Lipinski definition) is 4. The van der Waals surface area contributed by atoms with Gasteiger partial charge in [-0.1, -0.05) is 42.5 Å². The second-order valence-electron chi connectivity index (χ2n) is 7.55. The lowest BCUT2D eigenvalue weighted by Crippen LogP contribution is -2.50. The Bertz CT molecular complexity index is 909. The highest BCUT2D eigenvalue weighted by atomic mass is 16.3. The molecule has 1 fully saturated rings. The van der Waals surface area contributed by atoms with Crippen molar-refractivity contribution < 1.29 is 9.21 Å². The molecule has 1 aliphatic rings. The Balaban J connectivity index is 1.29. The maximum atomic E-state index is 12.6. The number of piperazine rings is 1. The second kappa shape index (κ2) is 8.59. The van der Waals surface area contributed by atoms with Gasteiger partial charge in [0.2, 0.25) is 5.91 Å². The van der Waals surface area contributed by atoms with Crippen LogP contribution < -0.4 is 0 Å². The number of carbonyl (C=O) groups is 1. The molecule has 0 atom stereocenters. The average molecular weight is 377 g/mol. The van der Waals surface area contributed by atoms with Crippen molar-refractivity contribution >= 4 is 16.7 Å². The molecule has 28 heavy (non-hydrogen) atoms. The van der Waals surface area contributed by atoms with Gasteiger partial charge < -0.3 is 9.32 Å². The molecular formula is C23H27N3O2. The smallest absolute Gasteiger partial charge is 0.236 e. The third-order valence-electron chi connectivity index (χ3n) is 5.41. The van der Waals surface area contributed by atoms with E-state index in [-0.39, 0.29) is 5.91 Å². The minimum absolute atomic E-state index is 0.193. The number of hydrogen-bond donors (Lipinski definition) is 0. The minimum atomic E-state index is 0.193. The Morgan fingerprint density at radius 1 is 1.00 bits per heavy atom. The molecule has 0 radical (unpaired) electrons. The Morgan fingerprint density at radius 3 is 2.57 bits per heavy atom. The van der Waals surface area contributed by atoms with Gasteiger partial charge in [0, 0.05) is 32.7 Å². The summed E-state index contributed by atoms with van der Waals surface area (Å²) in [6.45, 7) is 5.41. The van der Waals surface area contributed by atoms with Crippen molar-refractivity contribution in [2.75, 3.05) is 39.8 Å². The third kappa shape index (κ3) is 4.43. The van der Waals surface area contributed by atoms with E-state index in [4.69, 9.17) is 4.42 Å². The van der Waals surface area contributed by atoms with Crippen molar-refractivity contribution in [2.24, 2.45) is 0 Å². The van der Waals surface area contributed by atoms with Gasteiger partial charge in [0.15, 0.2) is 0 Å². The molecule has 0 N–H and O–H groups in total. The number of benzene rings is 2. The number of likely N-dealkylation sites (N-methyl/N-ethyl adjacent to an activating group) is 1. The summed E-state index contributed by atoms with van der Waals surface area (Å²) >= 11 is 0. The van der Waals surface area contributed by atoms with Gasteiger partial charge in [0.05, 0.1) is 19.4 Å². The Hall–Kier alpha value is -2.63. The SMILES string of the molecule is CN(CC(=O)N1CCN(Cc2cccc3ccccc23)CC1)Cc1ccco1. The fourth-order valence-corrected chi connectivity index (χ4v) is 3.88. The van der Waals surface area contributed by atoms with Gasteiger partial charge in [-0.2, -0.15) is 0 Å². The molecule has 5 heteroatoms. The van der Waals surface area contributed by atoms with Crippen molar-refractivity contribution in [1.29, 1.82) is 0 Å². The van der Waals surface area contributed by atoms with E-state index in [2.05, 4.69) is 47.4 Å². The highest BCUT2D eigenvalue weighted by Gasteiger charge is 2.22. The van der Waals surface area contributed by atoms with Crippen LogP contribution in [0.15, 0.2) is 65.3 Å². The van der Waals surface area contributed by atoms with E-state index < -0.39 is 0 Å². The Kier molecular flexibility index (Phi) is 5.74. The van der Waals surface area contributed by atoms with Crippen LogP contribution in [0.4, 0.5) is 0 Å². The van der Waals surface area contributed by atoms with Crippen molar-refractivity contribution in [2.45, 2.75) is 13.1 Å². The number of carbonyl (C=O) groups excluding carboxylic acids is 1. The molecule has 2 heterocycles.